The van der Waals surface area contributed by atoms with E-state index in [1.54, 1.807) is 31.2 Å². The lowest BCUT2D eigenvalue weighted by Gasteiger charge is -2.15. The van der Waals surface area contributed by atoms with Crippen LogP contribution in [0.1, 0.15) is 18.1 Å². The molecule has 0 aliphatic carbocycles. The minimum absolute atomic E-state index is 0.00318. The van der Waals surface area contributed by atoms with Crippen molar-refractivity contribution in [3.63, 3.8) is 0 Å². The van der Waals surface area contributed by atoms with E-state index in [4.69, 9.17) is 4.74 Å². The van der Waals surface area contributed by atoms with Crippen molar-refractivity contribution < 1.29 is 22.7 Å². The molecule has 128 valence electrons. The van der Waals surface area contributed by atoms with Crippen LogP contribution < -0.4 is 10.1 Å². The Bertz CT molecular complexity index is 702. The highest BCUT2D eigenvalue weighted by Crippen LogP contribution is 2.29. The third-order valence-electron chi connectivity index (χ3n) is 3.22. The summed E-state index contributed by atoms with van der Waals surface area (Å²) in [6.07, 6.45) is -5.17. The first-order valence-electron chi connectivity index (χ1n) is 7.12. The smallest absolute Gasteiger partial charge is 0.416 e. The van der Waals surface area contributed by atoms with Crippen LogP contribution in [0.5, 0.6) is 5.75 Å². The van der Waals surface area contributed by atoms with Gasteiger partial charge in [-0.3, -0.25) is 4.79 Å². The highest BCUT2D eigenvalue weighted by atomic mass is 79.9. The standard InChI is InChI=1S/C17H15BrF3NO2/c1-11(24-15-7-5-14(18)6-8-15)16(23)22-10-12-3-2-4-13(9-12)17(19,20)21/h2-9,11H,10H2,1H3,(H,22,23)/t11-/m0/s1. The SMILES string of the molecule is C[C@H](Oc1ccc(Br)cc1)C(=O)NCc1cccc(C(F)(F)F)c1. The van der Waals surface area contributed by atoms with Gasteiger partial charge in [0.25, 0.3) is 5.91 Å². The molecule has 0 aromatic heterocycles. The topological polar surface area (TPSA) is 38.3 Å². The summed E-state index contributed by atoms with van der Waals surface area (Å²) < 4.78 is 44.3. The van der Waals surface area contributed by atoms with Crippen LogP contribution in [0.2, 0.25) is 0 Å². The zero-order chi connectivity index (χ0) is 17.7. The van der Waals surface area contributed by atoms with Crippen LogP contribution in [-0.4, -0.2) is 12.0 Å². The van der Waals surface area contributed by atoms with E-state index < -0.39 is 23.8 Å². The van der Waals surface area contributed by atoms with Gasteiger partial charge in [0.2, 0.25) is 0 Å². The second-order valence-electron chi connectivity index (χ2n) is 5.13. The molecule has 2 rings (SSSR count). The second kappa shape index (κ2) is 7.70. The van der Waals surface area contributed by atoms with Gasteiger partial charge in [0.15, 0.2) is 6.10 Å². The number of carbonyl (C=O) groups is 1. The molecule has 0 aliphatic heterocycles. The summed E-state index contributed by atoms with van der Waals surface area (Å²) in [5.41, 5.74) is -0.373. The van der Waals surface area contributed by atoms with Crippen LogP contribution in [0.25, 0.3) is 0 Å². The van der Waals surface area contributed by atoms with Gasteiger partial charge in [-0.1, -0.05) is 28.1 Å². The van der Waals surface area contributed by atoms with E-state index in [0.29, 0.717) is 11.3 Å². The first-order valence-corrected chi connectivity index (χ1v) is 7.91. The number of amides is 1. The molecule has 0 aliphatic rings. The van der Waals surface area contributed by atoms with E-state index in [-0.39, 0.29) is 6.54 Å². The van der Waals surface area contributed by atoms with Gasteiger partial charge in [0.05, 0.1) is 5.56 Å². The zero-order valence-electron chi connectivity index (χ0n) is 12.7. The highest BCUT2D eigenvalue weighted by Gasteiger charge is 2.30. The van der Waals surface area contributed by atoms with Crippen molar-refractivity contribution in [3.05, 3.63) is 64.1 Å². The van der Waals surface area contributed by atoms with Crippen molar-refractivity contribution >= 4 is 21.8 Å². The Morgan fingerprint density at radius 2 is 1.88 bits per heavy atom. The van der Waals surface area contributed by atoms with Crippen molar-refractivity contribution in [2.45, 2.75) is 25.7 Å². The number of nitrogens with one attached hydrogen (secondary N) is 1. The van der Waals surface area contributed by atoms with Gasteiger partial charge in [0, 0.05) is 11.0 Å². The Labute approximate surface area is 146 Å². The molecular formula is C17H15BrF3NO2. The lowest BCUT2D eigenvalue weighted by atomic mass is 10.1. The summed E-state index contributed by atoms with van der Waals surface area (Å²) in [5.74, 6) is 0.121. The summed E-state index contributed by atoms with van der Waals surface area (Å²) in [6, 6.07) is 11.8. The molecule has 1 N–H and O–H groups in total. The van der Waals surface area contributed by atoms with E-state index >= 15 is 0 Å². The molecule has 7 heteroatoms. The number of carbonyl (C=O) groups excluding carboxylic acids is 1. The van der Waals surface area contributed by atoms with Gasteiger partial charge in [-0.25, -0.2) is 0 Å². The molecule has 0 fully saturated rings. The van der Waals surface area contributed by atoms with Crippen molar-refractivity contribution in [1.29, 1.82) is 0 Å². The molecule has 0 unspecified atom stereocenters. The van der Waals surface area contributed by atoms with Crippen molar-refractivity contribution in [3.8, 4) is 5.75 Å². The number of hydrogen-bond donors (Lipinski definition) is 1. The summed E-state index contributed by atoms with van der Waals surface area (Å²) in [4.78, 5) is 12.0. The summed E-state index contributed by atoms with van der Waals surface area (Å²) >= 11 is 3.30. The minimum atomic E-state index is -4.40. The number of halogens is 4. The van der Waals surface area contributed by atoms with Crippen molar-refractivity contribution in [1.82, 2.24) is 5.32 Å². The molecule has 0 radical (unpaired) electrons. The van der Waals surface area contributed by atoms with Crippen LogP contribution in [0.15, 0.2) is 53.0 Å². The molecule has 2 aromatic carbocycles. The fraction of sp³-hybridized carbons (Fsp3) is 0.235. The monoisotopic (exact) mass is 401 g/mol. The van der Waals surface area contributed by atoms with E-state index in [0.717, 1.165) is 16.6 Å². The average molecular weight is 402 g/mol. The van der Waals surface area contributed by atoms with Crippen LogP contribution in [0, 0.1) is 0 Å². The Kier molecular flexibility index (Phi) is 5.88. The van der Waals surface area contributed by atoms with E-state index in [1.807, 2.05) is 0 Å². The quantitative estimate of drug-likeness (QED) is 0.797. The van der Waals surface area contributed by atoms with Gasteiger partial charge in [-0.05, 0) is 48.9 Å². The fourth-order valence-corrected chi connectivity index (χ4v) is 2.23. The van der Waals surface area contributed by atoms with Gasteiger partial charge in [0.1, 0.15) is 5.75 Å². The number of hydrogen-bond acceptors (Lipinski definition) is 2. The predicted octanol–water partition coefficient (Wildman–Crippen LogP) is 4.55. The van der Waals surface area contributed by atoms with Crippen LogP contribution in [-0.2, 0) is 17.5 Å². The zero-order valence-corrected chi connectivity index (χ0v) is 14.3. The van der Waals surface area contributed by atoms with Crippen LogP contribution in [0.4, 0.5) is 13.2 Å². The van der Waals surface area contributed by atoms with E-state index in [2.05, 4.69) is 21.2 Å². The predicted molar refractivity (Wildman–Crippen MR) is 87.5 cm³/mol. The molecule has 0 saturated heterocycles. The van der Waals surface area contributed by atoms with Crippen LogP contribution in [0.3, 0.4) is 0 Å². The van der Waals surface area contributed by atoms with E-state index in [1.165, 1.54) is 12.1 Å². The maximum atomic E-state index is 12.7. The normalized spacial score (nSPS) is 12.5. The lowest BCUT2D eigenvalue weighted by molar-refractivity contribution is -0.137. The van der Waals surface area contributed by atoms with Crippen molar-refractivity contribution in [2.75, 3.05) is 0 Å². The van der Waals surface area contributed by atoms with Crippen LogP contribution >= 0.6 is 15.9 Å². The first kappa shape index (κ1) is 18.3. The maximum Gasteiger partial charge on any atom is 0.416 e. The maximum absolute atomic E-state index is 12.7. The van der Waals surface area contributed by atoms with Gasteiger partial charge >= 0.3 is 6.18 Å². The molecule has 2 aromatic rings. The second-order valence-corrected chi connectivity index (χ2v) is 6.05. The molecule has 0 heterocycles. The van der Waals surface area contributed by atoms with Gasteiger partial charge in [-0.15, -0.1) is 0 Å². The molecule has 24 heavy (non-hydrogen) atoms. The number of alkyl halides is 3. The summed E-state index contributed by atoms with van der Waals surface area (Å²) in [5, 5.41) is 2.57. The minimum Gasteiger partial charge on any atom is -0.481 e. The summed E-state index contributed by atoms with van der Waals surface area (Å²) in [6.45, 7) is 1.57. The average Bonchev–Trinajstić information content (AvgIpc) is 2.54. The number of rotatable bonds is 5. The van der Waals surface area contributed by atoms with E-state index in [9.17, 15) is 18.0 Å². The largest absolute Gasteiger partial charge is 0.481 e. The fourth-order valence-electron chi connectivity index (χ4n) is 1.96. The molecular weight excluding hydrogens is 387 g/mol. The first-order chi connectivity index (χ1) is 11.3. The Balaban J connectivity index is 1.91. The Morgan fingerprint density at radius 1 is 1.21 bits per heavy atom. The molecule has 1 atom stereocenters. The molecule has 0 spiro atoms. The molecule has 1 amide bonds. The number of ether oxygens (including phenoxy) is 1. The third kappa shape index (κ3) is 5.26. The molecule has 3 nitrogen and oxygen atoms in total. The van der Waals surface area contributed by atoms with Gasteiger partial charge in [-0.2, -0.15) is 13.2 Å². The molecule has 0 saturated carbocycles. The Hall–Kier alpha value is -2.02. The summed E-state index contributed by atoms with van der Waals surface area (Å²) in [7, 11) is 0. The Morgan fingerprint density at radius 3 is 2.50 bits per heavy atom. The van der Waals surface area contributed by atoms with Gasteiger partial charge < -0.3 is 10.1 Å². The third-order valence-corrected chi connectivity index (χ3v) is 3.75. The highest BCUT2D eigenvalue weighted by molar-refractivity contribution is 9.10. The molecule has 0 bridgehead atoms. The lowest BCUT2D eigenvalue weighted by Crippen LogP contribution is -2.35. The van der Waals surface area contributed by atoms with Crippen molar-refractivity contribution in [2.24, 2.45) is 0 Å². The number of benzene rings is 2.